The number of aryl methyl sites for hydroxylation is 2. The molecular weight excluding hydrogens is 328 g/mol. The van der Waals surface area contributed by atoms with Crippen molar-refractivity contribution in [2.24, 2.45) is 0 Å². The second kappa shape index (κ2) is 8.72. The Morgan fingerprint density at radius 1 is 1.15 bits per heavy atom. The topological polar surface area (TPSA) is 59.6 Å². The second-order valence-electron chi connectivity index (χ2n) is 6.67. The number of carbonyl (C=O) groups is 1. The zero-order chi connectivity index (χ0) is 18.4. The number of rotatable bonds is 7. The maximum absolute atomic E-state index is 12.2. The van der Waals surface area contributed by atoms with Crippen LogP contribution in [0.4, 0.5) is 11.4 Å². The molecule has 5 nitrogen and oxygen atoms in total. The van der Waals surface area contributed by atoms with Crippen LogP contribution in [-0.2, 0) is 9.53 Å². The summed E-state index contributed by atoms with van der Waals surface area (Å²) in [7, 11) is 0. The Morgan fingerprint density at radius 3 is 2.81 bits per heavy atom. The molecule has 138 valence electrons. The molecule has 5 heteroatoms. The highest BCUT2D eigenvalue weighted by atomic mass is 16.5. The van der Waals surface area contributed by atoms with E-state index in [1.54, 1.807) is 0 Å². The highest BCUT2D eigenvalue weighted by Gasteiger charge is 2.16. The highest BCUT2D eigenvalue weighted by molar-refractivity contribution is 5.93. The summed E-state index contributed by atoms with van der Waals surface area (Å²) >= 11 is 0. The lowest BCUT2D eigenvalue weighted by molar-refractivity contribution is -0.114. The van der Waals surface area contributed by atoms with Gasteiger partial charge < -0.3 is 20.1 Å². The number of benzene rings is 2. The Balaban J connectivity index is 1.48. The van der Waals surface area contributed by atoms with Gasteiger partial charge in [-0.3, -0.25) is 4.79 Å². The maximum Gasteiger partial charge on any atom is 0.243 e. The normalized spacial score (nSPS) is 16.3. The van der Waals surface area contributed by atoms with Crippen molar-refractivity contribution in [1.29, 1.82) is 0 Å². The van der Waals surface area contributed by atoms with Crippen molar-refractivity contribution in [3.63, 3.8) is 0 Å². The van der Waals surface area contributed by atoms with Crippen molar-refractivity contribution in [3.8, 4) is 5.75 Å². The SMILES string of the molecule is Cc1ccc(NCC(=O)Nc2cccc(OCC3CCCO3)c2)cc1C. The molecule has 0 bridgehead atoms. The van der Waals surface area contributed by atoms with Crippen molar-refractivity contribution >= 4 is 17.3 Å². The van der Waals surface area contributed by atoms with Gasteiger partial charge in [0.15, 0.2) is 0 Å². The summed E-state index contributed by atoms with van der Waals surface area (Å²) in [5.74, 6) is 0.639. The van der Waals surface area contributed by atoms with Gasteiger partial charge in [0.25, 0.3) is 0 Å². The molecule has 2 N–H and O–H groups in total. The summed E-state index contributed by atoms with van der Waals surface area (Å²) < 4.78 is 11.3. The fraction of sp³-hybridized carbons (Fsp3) is 0.381. The highest BCUT2D eigenvalue weighted by Crippen LogP contribution is 2.20. The van der Waals surface area contributed by atoms with Gasteiger partial charge in [-0.1, -0.05) is 12.1 Å². The number of nitrogens with one attached hydrogen (secondary N) is 2. The zero-order valence-electron chi connectivity index (χ0n) is 15.4. The van der Waals surface area contributed by atoms with Crippen molar-refractivity contribution in [2.45, 2.75) is 32.8 Å². The van der Waals surface area contributed by atoms with E-state index in [-0.39, 0.29) is 18.6 Å². The van der Waals surface area contributed by atoms with Gasteiger partial charge in [-0.05, 0) is 62.1 Å². The summed E-state index contributed by atoms with van der Waals surface area (Å²) in [5, 5.41) is 6.04. The van der Waals surface area contributed by atoms with E-state index in [1.807, 2.05) is 42.5 Å². The lowest BCUT2D eigenvalue weighted by atomic mass is 10.1. The number of amides is 1. The minimum atomic E-state index is -0.0977. The van der Waals surface area contributed by atoms with Crippen LogP contribution < -0.4 is 15.4 Å². The first-order valence-electron chi connectivity index (χ1n) is 9.05. The van der Waals surface area contributed by atoms with Crippen LogP contribution in [0.1, 0.15) is 24.0 Å². The number of carbonyl (C=O) groups excluding carboxylic acids is 1. The van der Waals surface area contributed by atoms with Crippen LogP contribution in [0.3, 0.4) is 0 Å². The van der Waals surface area contributed by atoms with Gasteiger partial charge >= 0.3 is 0 Å². The first-order chi connectivity index (χ1) is 12.6. The lowest BCUT2D eigenvalue weighted by Crippen LogP contribution is -2.22. The van der Waals surface area contributed by atoms with Crippen LogP contribution in [0.25, 0.3) is 0 Å². The minimum absolute atomic E-state index is 0.0977. The molecule has 1 aliphatic heterocycles. The average molecular weight is 354 g/mol. The zero-order valence-corrected chi connectivity index (χ0v) is 15.4. The lowest BCUT2D eigenvalue weighted by Gasteiger charge is -2.13. The predicted octanol–water partition coefficient (Wildman–Crippen LogP) is 3.91. The molecule has 0 saturated carbocycles. The summed E-state index contributed by atoms with van der Waals surface area (Å²) in [6.45, 7) is 5.70. The monoisotopic (exact) mass is 354 g/mol. The molecule has 1 saturated heterocycles. The van der Waals surface area contributed by atoms with Crippen molar-refractivity contribution < 1.29 is 14.3 Å². The van der Waals surface area contributed by atoms with E-state index in [2.05, 4.69) is 24.5 Å². The Labute approximate surface area is 154 Å². The van der Waals surface area contributed by atoms with Crippen molar-refractivity contribution in [2.75, 3.05) is 30.4 Å². The third kappa shape index (κ3) is 5.23. The Bertz CT molecular complexity index is 755. The molecule has 1 aliphatic rings. The van der Waals surface area contributed by atoms with E-state index in [1.165, 1.54) is 11.1 Å². The van der Waals surface area contributed by atoms with Gasteiger partial charge in [0.1, 0.15) is 12.4 Å². The summed E-state index contributed by atoms with van der Waals surface area (Å²) in [5.41, 5.74) is 4.10. The summed E-state index contributed by atoms with van der Waals surface area (Å²) in [6.07, 6.45) is 2.31. The minimum Gasteiger partial charge on any atom is -0.491 e. The van der Waals surface area contributed by atoms with Crippen LogP contribution in [0.5, 0.6) is 5.75 Å². The molecule has 3 rings (SSSR count). The molecule has 1 atom stereocenters. The van der Waals surface area contributed by atoms with Gasteiger partial charge in [0.2, 0.25) is 5.91 Å². The third-order valence-corrected chi connectivity index (χ3v) is 4.54. The van der Waals surface area contributed by atoms with Crippen molar-refractivity contribution in [1.82, 2.24) is 0 Å². The first kappa shape index (κ1) is 18.3. The number of hydrogen-bond donors (Lipinski definition) is 2. The molecular formula is C21H26N2O3. The van der Waals surface area contributed by atoms with E-state index in [0.29, 0.717) is 6.61 Å². The molecule has 1 unspecified atom stereocenters. The average Bonchev–Trinajstić information content (AvgIpc) is 3.15. The van der Waals surface area contributed by atoms with Crippen LogP contribution in [0, 0.1) is 13.8 Å². The van der Waals surface area contributed by atoms with E-state index in [4.69, 9.17) is 9.47 Å². The molecule has 2 aromatic rings. The number of hydrogen-bond acceptors (Lipinski definition) is 4. The molecule has 1 fully saturated rings. The van der Waals surface area contributed by atoms with Gasteiger partial charge in [-0.15, -0.1) is 0 Å². The van der Waals surface area contributed by atoms with Crippen molar-refractivity contribution in [3.05, 3.63) is 53.6 Å². The van der Waals surface area contributed by atoms with E-state index in [9.17, 15) is 4.79 Å². The largest absolute Gasteiger partial charge is 0.491 e. The van der Waals surface area contributed by atoms with Gasteiger partial charge in [0, 0.05) is 24.0 Å². The summed E-state index contributed by atoms with van der Waals surface area (Å²) in [4.78, 5) is 12.2. The molecule has 0 spiro atoms. The van der Waals surface area contributed by atoms with Crippen LogP contribution in [0.15, 0.2) is 42.5 Å². The van der Waals surface area contributed by atoms with Crippen LogP contribution >= 0.6 is 0 Å². The maximum atomic E-state index is 12.2. The molecule has 0 radical (unpaired) electrons. The number of anilines is 2. The Morgan fingerprint density at radius 2 is 2.04 bits per heavy atom. The van der Waals surface area contributed by atoms with Gasteiger partial charge in [-0.25, -0.2) is 0 Å². The standard InChI is InChI=1S/C21H26N2O3/c1-15-8-9-17(11-16(15)2)22-13-21(24)23-18-5-3-6-19(12-18)26-14-20-7-4-10-25-20/h3,5-6,8-9,11-12,20,22H,4,7,10,13-14H2,1-2H3,(H,23,24). The Hall–Kier alpha value is -2.53. The quantitative estimate of drug-likeness (QED) is 0.791. The fourth-order valence-electron chi connectivity index (χ4n) is 2.87. The predicted molar refractivity (Wildman–Crippen MR) is 104 cm³/mol. The fourth-order valence-corrected chi connectivity index (χ4v) is 2.87. The number of ether oxygens (including phenoxy) is 2. The van der Waals surface area contributed by atoms with E-state index in [0.717, 1.165) is 36.6 Å². The van der Waals surface area contributed by atoms with E-state index < -0.39 is 0 Å². The Kier molecular flexibility index (Phi) is 6.12. The van der Waals surface area contributed by atoms with Gasteiger partial charge in [0.05, 0.1) is 12.6 Å². The molecule has 1 amide bonds. The van der Waals surface area contributed by atoms with Gasteiger partial charge in [-0.2, -0.15) is 0 Å². The van der Waals surface area contributed by atoms with Crippen LogP contribution in [0.2, 0.25) is 0 Å². The molecule has 0 aromatic heterocycles. The second-order valence-corrected chi connectivity index (χ2v) is 6.67. The van der Waals surface area contributed by atoms with Crippen LogP contribution in [-0.4, -0.2) is 31.8 Å². The molecule has 0 aliphatic carbocycles. The summed E-state index contributed by atoms with van der Waals surface area (Å²) in [6, 6.07) is 13.5. The molecule has 1 heterocycles. The molecule has 26 heavy (non-hydrogen) atoms. The first-order valence-corrected chi connectivity index (χ1v) is 9.05. The molecule has 2 aromatic carbocycles. The smallest absolute Gasteiger partial charge is 0.243 e. The van der Waals surface area contributed by atoms with E-state index >= 15 is 0 Å². The third-order valence-electron chi connectivity index (χ3n) is 4.54.